The highest BCUT2D eigenvalue weighted by molar-refractivity contribution is 6.77. The Morgan fingerprint density at radius 3 is 2.40 bits per heavy atom. The van der Waals surface area contributed by atoms with Crippen LogP contribution in [0.4, 0.5) is 0 Å². The Kier molecular flexibility index (Phi) is 7.70. The molecule has 0 heterocycles. The van der Waals surface area contributed by atoms with Crippen molar-refractivity contribution in [1.82, 2.24) is 0 Å². The zero-order valence-corrected chi connectivity index (χ0v) is 11.6. The Morgan fingerprint density at radius 2 is 1.93 bits per heavy atom. The number of hydrogen-bond acceptors (Lipinski definition) is 1. The molecule has 0 saturated heterocycles. The number of ether oxygens (including phenoxy) is 1. The summed E-state index contributed by atoms with van der Waals surface area (Å²) >= 11 is 0. The first-order chi connectivity index (χ1) is 7.05. The van der Waals surface area contributed by atoms with E-state index in [1.54, 1.807) is 7.11 Å². The molecule has 0 spiro atoms. The third-order valence-electron chi connectivity index (χ3n) is 2.77. The van der Waals surface area contributed by atoms with Gasteiger partial charge in [0.1, 0.15) is 0 Å². The number of rotatable bonds is 9. The van der Waals surface area contributed by atoms with Crippen LogP contribution in [0.2, 0.25) is 25.2 Å². The zero-order chi connectivity index (χ0) is 11.7. The van der Waals surface area contributed by atoms with Crippen LogP contribution in [-0.4, -0.2) is 21.8 Å². The average Bonchev–Trinajstić information content (AvgIpc) is 2.14. The number of methoxy groups -OCH3 is 1. The first-order valence-corrected chi connectivity index (χ1v) is 9.18. The maximum absolute atomic E-state index is 5.15. The van der Waals surface area contributed by atoms with Crippen molar-refractivity contribution in [3.63, 3.8) is 0 Å². The molecule has 0 aromatic carbocycles. The second-order valence-corrected chi connectivity index (χ2v) is 10.2. The van der Waals surface area contributed by atoms with E-state index in [0.29, 0.717) is 0 Å². The van der Waals surface area contributed by atoms with Crippen LogP contribution < -0.4 is 0 Å². The van der Waals surface area contributed by atoms with Crippen LogP contribution in [0.15, 0.2) is 25.3 Å². The van der Waals surface area contributed by atoms with Crippen molar-refractivity contribution in [2.45, 2.75) is 38.0 Å². The van der Waals surface area contributed by atoms with Gasteiger partial charge >= 0.3 is 0 Å². The Bertz CT molecular complexity index is 187. The monoisotopic (exact) mass is 226 g/mol. The summed E-state index contributed by atoms with van der Waals surface area (Å²) in [6, 6.07) is 2.57. The van der Waals surface area contributed by atoms with Gasteiger partial charge in [-0.3, -0.25) is 0 Å². The highest BCUT2D eigenvalue weighted by Gasteiger charge is 2.23. The van der Waals surface area contributed by atoms with E-state index in [4.69, 9.17) is 4.74 Å². The lowest BCUT2D eigenvalue weighted by molar-refractivity contribution is 0.180. The first-order valence-electron chi connectivity index (χ1n) is 5.76. The van der Waals surface area contributed by atoms with Crippen LogP contribution in [0, 0.1) is 5.92 Å². The van der Waals surface area contributed by atoms with Gasteiger partial charge in [0.25, 0.3) is 0 Å². The van der Waals surface area contributed by atoms with E-state index in [1.165, 1.54) is 12.1 Å². The predicted molar refractivity (Wildman–Crippen MR) is 72.1 cm³/mol. The zero-order valence-electron chi connectivity index (χ0n) is 10.6. The van der Waals surface area contributed by atoms with Crippen LogP contribution >= 0.6 is 0 Å². The van der Waals surface area contributed by atoms with E-state index >= 15 is 0 Å². The van der Waals surface area contributed by atoms with Gasteiger partial charge < -0.3 is 4.74 Å². The van der Waals surface area contributed by atoms with E-state index in [-0.39, 0.29) is 0 Å². The molecule has 0 fully saturated rings. The minimum Gasteiger partial charge on any atom is -0.385 e. The molecular formula is C13H26OSi. The fourth-order valence-electron chi connectivity index (χ4n) is 2.08. The lowest BCUT2D eigenvalue weighted by Crippen LogP contribution is -2.28. The van der Waals surface area contributed by atoms with Gasteiger partial charge in [0.15, 0.2) is 0 Å². The molecule has 88 valence electrons. The van der Waals surface area contributed by atoms with Gasteiger partial charge in [-0.1, -0.05) is 31.3 Å². The molecule has 0 bridgehead atoms. The van der Waals surface area contributed by atoms with Crippen molar-refractivity contribution < 1.29 is 4.74 Å². The topological polar surface area (TPSA) is 9.23 Å². The Labute approximate surface area is 96.2 Å². The summed E-state index contributed by atoms with van der Waals surface area (Å²) in [5.74, 6) is 0.754. The summed E-state index contributed by atoms with van der Waals surface area (Å²) in [6.07, 6.45) is 6.40. The van der Waals surface area contributed by atoms with E-state index in [2.05, 4.69) is 32.3 Å². The van der Waals surface area contributed by atoms with Crippen LogP contribution in [0.3, 0.4) is 0 Å². The van der Waals surface area contributed by atoms with Gasteiger partial charge in [0, 0.05) is 13.7 Å². The molecule has 0 aliphatic carbocycles. The van der Waals surface area contributed by atoms with Gasteiger partial charge in [-0.2, -0.15) is 0 Å². The smallest absolute Gasteiger partial charge is 0.0514 e. The van der Waals surface area contributed by atoms with E-state index in [1.807, 2.05) is 6.08 Å². The quantitative estimate of drug-likeness (QED) is 0.425. The normalized spacial score (nSPS) is 13.5. The number of hydrogen-bond donors (Lipinski definition) is 0. The molecule has 0 aliphatic heterocycles. The van der Waals surface area contributed by atoms with Crippen molar-refractivity contribution in [3.05, 3.63) is 25.3 Å². The molecule has 0 saturated carbocycles. The highest BCUT2D eigenvalue weighted by Crippen LogP contribution is 2.26. The fourth-order valence-corrected chi connectivity index (χ4v) is 4.96. The molecule has 0 aliphatic rings. The molecule has 15 heavy (non-hydrogen) atoms. The van der Waals surface area contributed by atoms with Gasteiger partial charge in [-0.15, -0.1) is 13.2 Å². The largest absolute Gasteiger partial charge is 0.385 e. The van der Waals surface area contributed by atoms with E-state index < -0.39 is 8.07 Å². The van der Waals surface area contributed by atoms with Crippen LogP contribution in [-0.2, 0) is 4.74 Å². The lowest BCUT2D eigenvalue weighted by Gasteiger charge is -2.26. The summed E-state index contributed by atoms with van der Waals surface area (Å²) in [4.78, 5) is 0. The van der Waals surface area contributed by atoms with Crippen molar-refractivity contribution in [2.24, 2.45) is 5.92 Å². The Balaban J connectivity index is 4.11. The number of allylic oxidation sites excluding steroid dienone is 2. The standard InChI is InChI=1S/C13H26OSi/c1-6-8-13(9-10-14-3)12-15(4,5)11-7-2/h6-7,13H,1-2,8-12H2,3-5H3/t13-/m0/s1. The summed E-state index contributed by atoms with van der Waals surface area (Å²) in [6.45, 7) is 13.4. The first kappa shape index (κ1) is 14.7. The Morgan fingerprint density at radius 1 is 1.27 bits per heavy atom. The summed E-state index contributed by atoms with van der Waals surface area (Å²) in [5, 5.41) is 0. The summed E-state index contributed by atoms with van der Waals surface area (Å²) in [5.41, 5.74) is 0. The minimum absolute atomic E-state index is 0.754. The molecule has 1 nitrogen and oxygen atoms in total. The maximum Gasteiger partial charge on any atom is 0.0514 e. The van der Waals surface area contributed by atoms with Crippen LogP contribution in [0.1, 0.15) is 12.8 Å². The molecule has 0 rings (SSSR count). The van der Waals surface area contributed by atoms with E-state index in [9.17, 15) is 0 Å². The van der Waals surface area contributed by atoms with Gasteiger partial charge in [-0.25, -0.2) is 0 Å². The molecule has 1 atom stereocenters. The molecule has 2 heteroatoms. The van der Waals surface area contributed by atoms with Crippen molar-refractivity contribution in [2.75, 3.05) is 13.7 Å². The Hall–Kier alpha value is -0.343. The van der Waals surface area contributed by atoms with Gasteiger partial charge in [0.2, 0.25) is 0 Å². The molecule has 0 unspecified atom stereocenters. The van der Waals surface area contributed by atoms with Crippen molar-refractivity contribution in [1.29, 1.82) is 0 Å². The van der Waals surface area contributed by atoms with Crippen LogP contribution in [0.25, 0.3) is 0 Å². The third-order valence-corrected chi connectivity index (χ3v) is 5.84. The summed E-state index contributed by atoms with van der Waals surface area (Å²) < 4.78 is 5.15. The predicted octanol–water partition coefficient (Wildman–Crippen LogP) is 4.11. The van der Waals surface area contributed by atoms with Gasteiger partial charge in [0.05, 0.1) is 8.07 Å². The molecule has 0 amide bonds. The van der Waals surface area contributed by atoms with E-state index in [0.717, 1.165) is 25.4 Å². The third kappa shape index (κ3) is 7.57. The average molecular weight is 226 g/mol. The molecule has 0 radical (unpaired) electrons. The van der Waals surface area contributed by atoms with Crippen molar-refractivity contribution in [3.8, 4) is 0 Å². The molecular weight excluding hydrogens is 200 g/mol. The lowest BCUT2D eigenvalue weighted by atomic mass is 10.0. The fraction of sp³-hybridized carbons (Fsp3) is 0.692. The van der Waals surface area contributed by atoms with Crippen molar-refractivity contribution >= 4 is 8.07 Å². The minimum atomic E-state index is -1.08. The second kappa shape index (κ2) is 7.89. The maximum atomic E-state index is 5.15. The second-order valence-electron chi connectivity index (χ2n) is 5.03. The van der Waals surface area contributed by atoms with Crippen LogP contribution in [0.5, 0.6) is 0 Å². The molecule has 0 aromatic rings. The molecule has 0 aromatic heterocycles. The highest BCUT2D eigenvalue weighted by atomic mass is 28.3. The summed E-state index contributed by atoms with van der Waals surface area (Å²) in [7, 11) is 0.700. The SMILES string of the molecule is C=CC[C@@H](CCOC)C[Si](C)(C)CC=C. The molecule has 0 N–H and O–H groups in total. The van der Waals surface area contributed by atoms with Gasteiger partial charge in [-0.05, 0) is 24.8 Å².